The SMILES string of the molecule is CC(=O)c1sc2ccc(S(=O)(=O)N(Cc3ccccc3)c3ccccc3N3CCN(C(=O)c4sccc4Br)CC3)cc2c1C. The van der Waals surface area contributed by atoms with Crippen molar-refractivity contribution in [3.8, 4) is 0 Å². The molecule has 44 heavy (non-hydrogen) atoms. The van der Waals surface area contributed by atoms with Crippen LogP contribution in [0.3, 0.4) is 0 Å². The molecule has 6 rings (SSSR count). The highest BCUT2D eigenvalue weighted by Gasteiger charge is 2.31. The van der Waals surface area contributed by atoms with Crippen LogP contribution in [-0.2, 0) is 16.6 Å². The van der Waals surface area contributed by atoms with Gasteiger partial charge in [-0.1, -0.05) is 42.5 Å². The van der Waals surface area contributed by atoms with Gasteiger partial charge in [0.25, 0.3) is 15.9 Å². The Morgan fingerprint density at radius 2 is 1.61 bits per heavy atom. The first-order valence-electron chi connectivity index (χ1n) is 14.1. The van der Waals surface area contributed by atoms with Crippen molar-refractivity contribution in [3.05, 3.63) is 110 Å². The molecule has 0 atom stereocenters. The second-order valence-electron chi connectivity index (χ2n) is 10.6. The number of nitrogens with zero attached hydrogens (tertiary/aromatic N) is 3. The molecule has 1 aliphatic rings. The van der Waals surface area contributed by atoms with Gasteiger partial charge < -0.3 is 9.80 Å². The van der Waals surface area contributed by atoms with Gasteiger partial charge in [0.2, 0.25) is 0 Å². The Morgan fingerprint density at radius 3 is 2.30 bits per heavy atom. The summed E-state index contributed by atoms with van der Waals surface area (Å²) in [4.78, 5) is 30.8. The Balaban J connectivity index is 1.36. The van der Waals surface area contributed by atoms with Gasteiger partial charge in [-0.2, -0.15) is 0 Å². The number of carbonyl (C=O) groups is 2. The fourth-order valence-corrected chi connectivity index (χ4v) is 9.64. The van der Waals surface area contributed by atoms with Gasteiger partial charge in [-0.3, -0.25) is 13.9 Å². The topological polar surface area (TPSA) is 78.0 Å². The van der Waals surface area contributed by atoms with Crippen LogP contribution in [0.2, 0.25) is 0 Å². The largest absolute Gasteiger partial charge is 0.366 e. The summed E-state index contributed by atoms with van der Waals surface area (Å²) < 4.78 is 32.3. The zero-order chi connectivity index (χ0) is 31.0. The normalized spacial score (nSPS) is 13.8. The van der Waals surface area contributed by atoms with E-state index < -0.39 is 10.0 Å². The van der Waals surface area contributed by atoms with E-state index in [-0.39, 0.29) is 23.1 Å². The number of thiophene rings is 2. The van der Waals surface area contributed by atoms with Crippen LogP contribution >= 0.6 is 38.6 Å². The van der Waals surface area contributed by atoms with Crippen LogP contribution in [0.4, 0.5) is 11.4 Å². The summed E-state index contributed by atoms with van der Waals surface area (Å²) in [6.45, 7) is 5.72. The number of aryl methyl sites for hydroxylation is 1. The van der Waals surface area contributed by atoms with Gasteiger partial charge in [0.15, 0.2) is 5.78 Å². The molecule has 1 fully saturated rings. The molecule has 2 aromatic heterocycles. The number of piperazine rings is 1. The Hall–Kier alpha value is -3.51. The number of hydrogen-bond donors (Lipinski definition) is 0. The van der Waals surface area contributed by atoms with Crippen molar-refractivity contribution in [1.29, 1.82) is 0 Å². The van der Waals surface area contributed by atoms with Crippen LogP contribution in [0.1, 0.15) is 37.4 Å². The molecule has 0 spiro atoms. The summed E-state index contributed by atoms with van der Waals surface area (Å²) in [5.74, 6) is -0.0299. The number of fused-ring (bicyclic) bond motifs is 1. The van der Waals surface area contributed by atoms with Crippen LogP contribution in [0.15, 0.2) is 93.6 Å². The molecule has 1 saturated heterocycles. The lowest BCUT2D eigenvalue weighted by atomic mass is 10.1. The third-order valence-corrected chi connectivity index (χ3v) is 12.8. The Bertz CT molecular complexity index is 1960. The maximum atomic E-state index is 14.6. The maximum Gasteiger partial charge on any atom is 0.265 e. The minimum atomic E-state index is -4.03. The van der Waals surface area contributed by atoms with Gasteiger partial charge in [0.05, 0.1) is 27.7 Å². The van der Waals surface area contributed by atoms with E-state index in [0.29, 0.717) is 41.6 Å². The summed E-state index contributed by atoms with van der Waals surface area (Å²) in [5.41, 5.74) is 3.02. The predicted molar refractivity (Wildman–Crippen MR) is 183 cm³/mol. The second kappa shape index (κ2) is 12.5. The number of anilines is 2. The minimum absolute atomic E-state index is 0.000128. The number of Topliss-reactive ketones (excluding diaryl/α,β-unsaturated/α-hetero) is 1. The molecular formula is C33H30BrN3O4S3. The highest BCUT2D eigenvalue weighted by atomic mass is 79.9. The van der Waals surface area contributed by atoms with Gasteiger partial charge >= 0.3 is 0 Å². The van der Waals surface area contributed by atoms with Gasteiger partial charge in [0.1, 0.15) is 4.88 Å². The molecule has 0 unspecified atom stereocenters. The Labute approximate surface area is 273 Å². The van der Waals surface area contributed by atoms with Crippen LogP contribution in [0.25, 0.3) is 10.1 Å². The first-order chi connectivity index (χ1) is 21.1. The van der Waals surface area contributed by atoms with Gasteiger partial charge in [0, 0.05) is 35.4 Å². The van der Waals surface area contributed by atoms with E-state index in [1.54, 1.807) is 18.2 Å². The molecule has 226 valence electrons. The molecule has 11 heteroatoms. The number of ketones is 1. The summed E-state index contributed by atoms with van der Waals surface area (Å²) >= 11 is 6.28. The monoisotopic (exact) mass is 707 g/mol. The highest BCUT2D eigenvalue weighted by molar-refractivity contribution is 9.10. The first-order valence-corrected chi connectivity index (χ1v) is 18.0. The van der Waals surface area contributed by atoms with Gasteiger partial charge in [-0.15, -0.1) is 22.7 Å². The molecule has 0 saturated carbocycles. The zero-order valence-electron chi connectivity index (χ0n) is 24.2. The van der Waals surface area contributed by atoms with E-state index in [1.807, 2.05) is 77.9 Å². The number of halogens is 1. The molecule has 0 N–H and O–H groups in total. The summed E-state index contributed by atoms with van der Waals surface area (Å²) in [7, 11) is -4.03. The van der Waals surface area contributed by atoms with Crippen molar-refractivity contribution in [2.24, 2.45) is 0 Å². The smallest absolute Gasteiger partial charge is 0.265 e. The number of carbonyl (C=O) groups excluding carboxylic acids is 2. The number of hydrogen-bond acceptors (Lipinski definition) is 7. The van der Waals surface area contributed by atoms with Crippen LogP contribution in [-0.4, -0.2) is 51.2 Å². The van der Waals surface area contributed by atoms with Gasteiger partial charge in [-0.25, -0.2) is 8.42 Å². The molecule has 3 heterocycles. The standard InChI is InChI=1S/C33H30BrN3O4S3/c1-22-26-20-25(12-13-30(26)43-31(22)23(2)38)44(40,41)37(21-24-8-4-3-5-9-24)29-11-7-6-10-28(29)35-15-17-36(18-16-35)33(39)32-27(34)14-19-42-32/h3-14,19-20H,15-18,21H2,1-2H3. The molecule has 0 bridgehead atoms. The average molecular weight is 709 g/mol. The predicted octanol–water partition coefficient (Wildman–Crippen LogP) is 7.59. The van der Waals surface area contributed by atoms with E-state index in [9.17, 15) is 18.0 Å². The maximum absolute atomic E-state index is 14.6. The van der Waals surface area contributed by atoms with E-state index in [0.717, 1.165) is 31.4 Å². The zero-order valence-corrected chi connectivity index (χ0v) is 28.2. The second-order valence-corrected chi connectivity index (χ2v) is 15.3. The van der Waals surface area contributed by atoms with Crippen molar-refractivity contribution in [3.63, 3.8) is 0 Å². The molecule has 1 amide bonds. The van der Waals surface area contributed by atoms with Crippen LogP contribution in [0.5, 0.6) is 0 Å². The molecular weight excluding hydrogens is 678 g/mol. The van der Waals surface area contributed by atoms with Crippen LogP contribution < -0.4 is 9.21 Å². The minimum Gasteiger partial charge on any atom is -0.366 e. The number of sulfonamides is 1. The van der Waals surface area contributed by atoms with Crippen molar-refractivity contribution < 1.29 is 18.0 Å². The lowest BCUT2D eigenvalue weighted by molar-refractivity contribution is 0.0750. The van der Waals surface area contributed by atoms with E-state index in [1.165, 1.54) is 33.9 Å². The number of rotatable bonds is 8. The molecule has 5 aromatic rings. The Morgan fingerprint density at radius 1 is 0.909 bits per heavy atom. The van der Waals surface area contributed by atoms with Gasteiger partial charge in [-0.05, 0) is 88.1 Å². The number of benzene rings is 3. The van der Waals surface area contributed by atoms with E-state index in [2.05, 4.69) is 20.8 Å². The lowest BCUT2D eigenvalue weighted by Gasteiger charge is -2.38. The van der Waals surface area contributed by atoms with Crippen molar-refractivity contribution in [2.75, 3.05) is 35.4 Å². The summed E-state index contributed by atoms with van der Waals surface area (Å²) in [6.07, 6.45) is 0. The Kier molecular flexibility index (Phi) is 8.65. The quantitative estimate of drug-likeness (QED) is 0.155. The molecule has 7 nitrogen and oxygen atoms in total. The summed E-state index contributed by atoms with van der Waals surface area (Å²) in [6, 6.07) is 24.1. The summed E-state index contributed by atoms with van der Waals surface area (Å²) in [5, 5.41) is 2.66. The third kappa shape index (κ3) is 5.81. The number of amides is 1. The van der Waals surface area contributed by atoms with Crippen molar-refractivity contribution in [1.82, 2.24) is 4.90 Å². The van der Waals surface area contributed by atoms with Crippen molar-refractivity contribution >= 4 is 81.8 Å². The fourth-order valence-electron chi connectivity index (χ4n) is 5.56. The molecule has 3 aromatic carbocycles. The first kappa shape index (κ1) is 30.5. The molecule has 0 radical (unpaired) electrons. The highest BCUT2D eigenvalue weighted by Crippen LogP contribution is 2.38. The van der Waals surface area contributed by atoms with E-state index >= 15 is 0 Å². The lowest BCUT2D eigenvalue weighted by Crippen LogP contribution is -2.49. The fraction of sp³-hybridized carbons (Fsp3) is 0.212. The van der Waals surface area contributed by atoms with Crippen molar-refractivity contribution in [2.45, 2.75) is 25.3 Å². The molecule has 1 aliphatic heterocycles. The van der Waals surface area contributed by atoms with Crippen LogP contribution in [0, 0.1) is 6.92 Å². The van der Waals surface area contributed by atoms with E-state index in [4.69, 9.17) is 0 Å². The molecule has 0 aliphatic carbocycles. The third-order valence-electron chi connectivity index (χ3n) is 7.85. The average Bonchev–Trinajstić information content (AvgIpc) is 3.62. The number of para-hydroxylation sites is 2.